The van der Waals surface area contributed by atoms with Gasteiger partial charge in [-0.15, -0.1) is 0 Å². The van der Waals surface area contributed by atoms with Gasteiger partial charge in [0.2, 0.25) is 5.91 Å². The molecular weight excluding hydrogens is 310 g/mol. The number of pyridine rings is 1. The summed E-state index contributed by atoms with van der Waals surface area (Å²) < 4.78 is 26.1. The number of aromatic nitrogens is 1. The minimum atomic E-state index is -2.85. The molecule has 0 bridgehead atoms. The number of hydrogen-bond acceptors (Lipinski definition) is 2. The van der Waals surface area contributed by atoms with E-state index < -0.39 is 17.7 Å². The van der Waals surface area contributed by atoms with Crippen LogP contribution in [0.4, 0.5) is 14.5 Å². The molecule has 24 heavy (non-hydrogen) atoms. The van der Waals surface area contributed by atoms with Crippen molar-refractivity contribution >= 4 is 11.6 Å². The number of rotatable bonds is 4. The molecule has 5 heteroatoms. The molecule has 0 unspecified atom stereocenters. The molecule has 0 aliphatic heterocycles. The molecular formula is C19H18F2N2O. The molecule has 1 N–H and O–H groups in total. The van der Waals surface area contributed by atoms with Gasteiger partial charge in [-0.2, -0.15) is 0 Å². The number of carbonyl (C=O) groups is 1. The van der Waals surface area contributed by atoms with Crippen LogP contribution in [0.5, 0.6) is 0 Å². The third-order valence-electron chi connectivity index (χ3n) is 4.91. The van der Waals surface area contributed by atoms with E-state index in [2.05, 4.69) is 17.2 Å². The maximum absolute atomic E-state index is 13.0. The van der Waals surface area contributed by atoms with Crippen molar-refractivity contribution in [2.75, 3.05) is 5.32 Å². The van der Waals surface area contributed by atoms with Gasteiger partial charge < -0.3 is 5.32 Å². The topological polar surface area (TPSA) is 42.0 Å². The number of benzene rings is 1. The summed E-state index contributed by atoms with van der Waals surface area (Å²) >= 11 is 0. The smallest absolute Gasteiger partial charge is 0.260 e. The number of nitrogens with zero attached hydrogens (tertiary/aromatic N) is 1. The maximum atomic E-state index is 13.0. The summed E-state index contributed by atoms with van der Waals surface area (Å²) in [4.78, 5) is 16.3. The number of anilines is 1. The number of hydrogen-bond donors (Lipinski definition) is 1. The average molecular weight is 328 g/mol. The first-order valence-electron chi connectivity index (χ1n) is 8.20. The largest absolute Gasteiger partial charge is 0.326 e. The van der Waals surface area contributed by atoms with Crippen LogP contribution in [0.3, 0.4) is 0 Å². The molecule has 1 amide bonds. The molecule has 0 saturated heterocycles. The highest BCUT2D eigenvalue weighted by molar-refractivity contribution is 5.96. The lowest BCUT2D eigenvalue weighted by Crippen LogP contribution is -2.17. The summed E-state index contributed by atoms with van der Waals surface area (Å²) in [7, 11) is 0. The van der Waals surface area contributed by atoms with Crippen molar-refractivity contribution in [1.82, 2.24) is 4.98 Å². The molecule has 0 spiro atoms. The van der Waals surface area contributed by atoms with Gasteiger partial charge in [0.1, 0.15) is 5.92 Å². The lowest BCUT2D eigenvalue weighted by molar-refractivity contribution is -0.119. The van der Waals surface area contributed by atoms with Gasteiger partial charge in [0.15, 0.2) is 0 Å². The van der Waals surface area contributed by atoms with Crippen LogP contribution in [-0.2, 0) is 4.79 Å². The molecule has 4 rings (SSSR count). The zero-order valence-corrected chi connectivity index (χ0v) is 13.3. The predicted molar refractivity (Wildman–Crippen MR) is 87.9 cm³/mol. The lowest BCUT2D eigenvalue weighted by atomic mass is 9.98. The summed E-state index contributed by atoms with van der Waals surface area (Å²) in [6, 6.07) is 11.3. The lowest BCUT2D eigenvalue weighted by Gasteiger charge is -2.12. The highest BCUT2D eigenvalue weighted by atomic mass is 19.3. The first-order valence-corrected chi connectivity index (χ1v) is 8.20. The normalized spacial score (nSPS) is 26.7. The van der Waals surface area contributed by atoms with Gasteiger partial charge >= 0.3 is 0 Å². The third kappa shape index (κ3) is 2.79. The van der Waals surface area contributed by atoms with Crippen LogP contribution < -0.4 is 5.32 Å². The first kappa shape index (κ1) is 15.2. The molecule has 0 radical (unpaired) electrons. The van der Waals surface area contributed by atoms with Gasteiger partial charge in [-0.05, 0) is 48.1 Å². The third-order valence-corrected chi connectivity index (χ3v) is 4.91. The standard InChI is InChI=1S/C19H18F2N2O/c1-11-8-14(11)13-6-5-12(23-18(24)16-10-19(16,20)21)9-15(13)17-4-2-3-7-22-17/h2-7,9,11,14,16H,8,10H2,1H3,(H,23,24)/t11-,14+,16+/m1/s1. The van der Waals surface area contributed by atoms with Crippen molar-refractivity contribution in [3.8, 4) is 11.3 Å². The Balaban J connectivity index is 1.64. The van der Waals surface area contributed by atoms with Crippen molar-refractivity contribution in [3.63, 3.8) is 0 Å². The van der Waals surface area contributed by atoms with Crippen LogP contribution in [-0.4, -0.2) is 16.8 Å². The average Bonchev–Trinajstić information content (AvgIpc) is 3.45. The van der Waals surface area contributed by atoms with Crippen LogP contribution in [0.2, 0.25) is 0 Å². The fourth-order valence-electron chi connectivity index (χ4n) is 3.18. The molecule has 1 aromatic carbocycles. The molecule has 2 aliphatic carbocycles. The van der Waals surface area contributed by atoms with Crippen molar-refractivity contribution in [3.05, 3.63) is 48.2 Å². The number of amides is 1. The Kier molecular flexibility index (Phi) is 3.41. The Morgan fingerprint density at radius 2 is 2.04 bits per heavy atom. The fraction of sp³-hybridized carbons (Fsp3) is 0.368. The fourth-order valence-corrected chi connectivity index (χ4v) is 3.18. The minimum absolute atomic E-state index is 0.358. The number of halogens is 2. The second-order valence-electron chi connectivity index (χ2n) is 6.84. The summed E-state index contributed by atoms with van der Waals surface area (Å²) in [6.45, 7) is 2.21. The van der Waals surface area contributed by atoms with E-state index in [1.807, 2.05) is 30.3 Å². The Labute approximate surface area is 139 Å². The molecule has 2 fully saturated rings. The van der Waals surface area contributed by atoms with Crippen LogP contribution in [0.1, 0.15) is 31.2 Å². The van der Waals surface area contributed by atoms with Crippen molar-refractivity contribution in [1.29, 1.82) is 0 Å². The highest BCUT2D eigenvalue weighted by Crippen LogP contribution is 2.51. The van der Waals surface area contributed by atoms with Gasteiger partial charge in [-0.25, -0.2) is 8.78 Å². The van der Waals surface area contributed by atoms with Gasteiger partial charge in [0.05, 0.1) is 5.69 Å². The van der Waals surface area contributed by atoms with Crippen molar-refractivity contribution in [2.24, 2.45) is 11.8 Å². The Morgan fingerprint density at radius 1 is 1.29 bits per heavy atom. The van der Waals surface area contributed by atoms with E-state index in [0.29, 0.717) is 17.5 Å². The van der Waals surface area contributed by atoms with E-state index in [-0.39, 0.29) is 6.42 Å². The Bertz CT molecular complexity index is 791. The number of alkyl halides is 2. The summed E-state index contributed by atoms with van der Waals surface area (Å²) in [5.74, 6) is -3.52. The van der Waals surface area contributed by atoms with E-state index in [1.54, 1.807) is 12.3 Å². The van der Waals surface area contributed by atoms with Crippen LogP contribution in [0.25, 0.3) is 11.3 Å². The summed E-state index contributed by atoms with van der Waals surface area (Å²) in [5.41, 5.74) is 3.54. The maximum Gasteiger partial charge on any atom is 0.260 e. The highest BCUT2D eigenvalue weighted by Gasteiger charge is 2.61. The molecule has 124 valence electrons. The second kappa shape index (κ2) is 5.36. The Hall–Kier alpha value is -2.30. The van der Waals surface area contributed by atoms with Crippen molar-refractivity contribution < 1.29 is 13.6 Å². The minimum Gasteiger partial charge on any atom is -0.326 e. The SMILES string of the molecule is C[C@@H]1C[C@@H]1c1ccc(NC(=O)[C@@H]2CC2(F)F)cc1-c1ccccn1. The zero-order valence-electron chi connectivity index (χ0n) is 13.3. The summed E-state index contributed by atoms with van der Waals surface area (Å²) in [6.07, 6.45) is 2.51. The van der Waals surface area contributed by atoms with Gasteiger partial charge in [-0.1, -0.05) is 19.1 Å². The molecule has 3 nitrogen and oxygen atoms in total. The van der Waals surface area contributed by atoms with Crippen LogP contribution >= 0.6 is 0 Å². The number of carbonyl (C=O) groups excluding carboxylic acids is 1. The van der Waals surface area contributed by atoms with E-state index in [0.717, 1.165) is 17.7 Å². The van der Waals surface area contributed by atoms with Crippen LogP contribution in [0, 0.1) is 11.8 Å². The summed E-state index contributed by atoms with van der Waals surface area (Å²) in [5, 5.41) is 2.62. The number of nitrogens with one attached hydrogen (secondary N) is 1. The van der Waals surface area contributed by atoms with E-state index in [9.17, 15) is 13.6 Å². The predicted octanol–water partition coefficient (Wildman–Crippen LogP) is 4.47. The van der Waals surface area contributed by atoms with E-state index >= 15 is 0 Å². The van der Waals surface area contributed by atoms with Gasteiger partial charge in [0, 0.05) is 23.9 Å². The molecule has 1 heterocycles. The quantitative estimate of drug-likeness (QED) is 0.900. The Morgan fingerprint density at radius 3 is 2.62 bits per heavy atom. The first-order chi connectivity index (χ1) is 11.5. The second-order valence-corrected chi connectivity index (χ2v) is 6.84. The molecule has 3 atom stereocenters. The van der Waals surface area contributed by atoms with E-state index in [4.69, 9.17) is 0 Å². The molecule has 2 aromatic rings. The molecule has 2 saturated carbocycles. The van der Waals surface area contributed by atoms with Crippen molar-refractivity contribution in [2.45, 2.75) is 31.6 Å². The monoisotopic (exact) mass is 328 g/mol. The van der Waals surface area contributed by atoms with Gasteiger partial charge in [0.25, 0.3) is 5.92 Å². The zero-order chi connectivity index (χ0) is 16.9. The van der Waals surface area contributed by atoms with Crippen LogP contribution in [0.15, 0.2) is 42.6 Å². The molecule has 2 aliphatic rings. The molecule has 1 aromatic heterocycles. The van der Waals surface area contributed by atoms with Gasteiger partial charge in [-0.3, -0.25) is 9.78 Å². The van der Waals surface area contributed by atoms with E-state index in [1.165, 1.54) is 5.56 Å².